The molecule has 1 aliphatic heterocycles. The minimum atomic E-state index is -0.0136. The van der Waals surface area contributed by atoms with Crippen LogP contribution in [-0.2, 0) is 0 Å². The summed E-state index contributed by atoms with van der Waals surface area (Å²) in [4.78, 5) is 14.8. The van der Waals surface area contributed by atoms with Gasteiger partial charge in [-0.2, -0.15) is 0 Å². The van der Waals surface area contributed by atoms with Crippen LogP contribution in [0.25, 0.3) is 6.08 Å². The monoisotopic (exact) mass is 339 g/mol. The highest BCUT2D eigenvalue weighted by atomic mass is 16.3. The number of furan rings is 1. The minimum Gasteiger partial charge on any atom is -0.459 e. The Morgan fingerprint density at radius 2 is 1.96 bits per heavy atom. The molecule has 0 unspecified atom stereocenters. The lowest BCUT2D eigenvalue weighted by Gasteiger charge is -2.29. The summed E-state index contributed by atoms with van der Waals surface area (Å²) >= 11 is 0. The van der Waals surface area contributed by atoms with Crippen molar-refractivity contribution in [1.29, 1.82) is 0 Å². The molecule has 25 heavy (non-hydrogen) atoms. The number of nitrogens with zero attached hydrogens (tertiary/aromatic N) is 1. The smallest absolute Gasteiger partial charge is 0.289 e. The minimum absolute atomic E-state index is 0.0136. The maximum atomic E-state index is 12.9. The van der Waals surface area contributed by atoms with Gasteiger partial charge in [0.2, 0.25) is 0 Å². The summed E-state index contributed by atoms with van der Waals surface area (Å²) in [6.45, 7) is 5.84. The molecule has 1 aromatic carbocycles. The van der Waals surface area contributed by atoms with E-state index >= 15 is 0 Å². The first-order valence-electron chi connectivity index (χ1n) is 9.09. The van der Waals surface area contributed by atoms with Gasteiger partial charge in [-0.3, -0.25) is 4.79 Å². The number of nitrogens with two attached hydrogens (primary N) is 1. The van der Waals surface area contributed by atoms with Crippen LogP contribution in [0.2, 0.25) is 0 Å². The SMILES string of the molecule is C/C(=C/c1ccccc1)CN(CC1CC[NH2+]CC1)C(=O)c1ccco1. The highest BCUT2D eigenvalue weighted by Crippen LogP contribution is 2.17. The number of rotatable bonds is 6. The topological polar surface area (TPSA) is 50.1 Å². The van der Waals surface area contributed by atoms with Crippen LogP contribution in [0.4, 0.5) is 0 Å². The molecule has 1 amide bonds. The van der Waals surface area contributed by atoms with E-state index in [1.54, 1.807) is 18.4 Å². The van der Waals surface area contributed by atoms with Gasteiger partial charge >= 0.3 is 0 Å². The van der Waals surface area contributed by atoms with E-state index in [0.29, 0.717) is 18.2 Å². The van der Waals surface area contributed by atoms with Gasteiger partial charge in [0, 0.05) is 25.9 Å². The quantitative estimate of drug-likeness (QED) is 0.880. The summed E-state index contributed by atoms with van der Waals surface area (Å²) in [5, 5.41) is 2.36. The second-order valence-electron chi connectivity index (χ2n) is 6.87. The highest BCUT2D eigenvalue weighted by molar-refractivity contribution is 5.91. The van der Waals surface area contributed by atoms with Crippen molar-refractivity contribution in [3.63, 3.8) is 0 Å². The van der Waals surface area contributed by atoms with E-state index in [-0.39, 0.29) is 5.91 Å². The van der Waals surface area contributed by atoms with Crippen molar-refractivity contribution >= 4 is 12.0 Å². The van der Waals surface area contributed by atoms with E-state index in [4.69, 9.17) is 4.42 Å². The molecule has 0 saturated carbocycles. The lowest BCUT2D eigenvalue weighted by Crippen LogP contribution is -2.86. The van der Waals surface area contributed by atoms with Gasteiger partial charge in [0.05, 0.1) is 19.4 Å². The summed E-state index contributed by atoms with van der Waals surface area (Å²) in [5.41, 5.74) is 2.34. The summed E-state index contributed by atoms with van der Waals surface area (Å²) < 4.78 is 5.35. The van der Waals surface area contributed by atoms with E-state index in [9.17, 15) is 4.79 Å². The van der Waals surface area contributed by atoms with Gasteiger partial charge in [-0.05, 0) is 30.5 Å². The number of quaternary nitrogens is 1. The predicted octanol–water partition coefficient (Wildman–Crippen LogP) is 2.80. The Bertz CT molecular complexity index is 686. The first-order valence-corrected chi connectivity index (χ1v) is 9.09. The van der Waals surface area contributed by atoms with Gasteiger partial charge in [-0.25, -0.2) is 0 Å². The van der Waals surface area contributed by atoms with Crippen molar-refractivity contribution in [3.8, 4) is 0 Å². The number of hydrogen-bond acceptors (Lipinski definition) is 2. The number of piperidine rings is 1. The normalized spacial score (nSPS) is 16.0. The molecule has 1 aliphatic rings. The number of amides is 1. The Hall–Kier alpha value is -2.33. The maximum absolute atomic E-state index is 12.9. The Morgan fingerprint density at radius 3 is 2.64 bits per heavy atom. The molecule has 0 aliphatic carbocycles. The largest absolute Gasteiger partial charge is 0.459 e. The zero-order valence-electron chi connectivity index (χ0n) is 14.9. The molecular weight excluding hydrogens is 312 g/mol. The second-order valence-corrected chi connectivity index (χ2v) is 6.87. The van der Waals surface area contributed by atoms with Crippen molar-refractivity contribution in [2.45, 2.75) is 19.8 Å². The van der Waals surface area contributed by atoms with Crippen LogP contribution in [0, 0.1) is 5.92 Å². The number of carbonyl (C=O) groups excluding carboxylic acids is 1. The molecule has 1 aromatic heterocycles. The van der Waals surface area contributed by atoms with Crippen molar-refractivity contribution in [1.82, 2.24) is 4.90 Å². The lowest BCUT2D eigenvalue weighted by molar-refractivity contribution is -0.664. The molecule has 1 saturated heterocycles. The van der Waals surface area contributed by atoms with Gasteiger partial charge in [-0.1, -0.05) is 42.0 Å². The third-order valence-corrected chi connectivity index (χ3v) is 4.71. The van der Waals surface area contributed by atoms with Gasteiger partial charge in [0.15, 0.2) is 5.76 Å². The summed E-state index contributed by atoms with van der Waals surface area (Å²) in [5.74, 6) is 0.990. The summed E-state index contributed by atoms with van der Waals surface area (Å²) in [6, 6.07) is 13.8. The van der Waals surface area contributed by atoms with Gasteiger partial charge in [0.1, 0.15) is 0 Å². The molecule has 1 fully saturated rings. The zero-order valence-corrected chi connectivity index (χ0v) is 14.9. The second kappa shape index (κ2) is 8.67. The Balaban J connectivity index is 1.73. The molecule has 0 spiro atoms. The first kappa shape index (κ1) is 17.5. The fraction of sp³-hybridized carbons (Fsp3) is 0.381. The zero-order chi connectivity index (χ0) is 17.5. The van der Waals surface area contributed by atoms with E-state index in [2.05, 4.69) is 30.4 Å². The highest BCUT2D eigenvalue weighted by Gasteiger charge is 2.24. The number of carbonyl (C=O) groups is 1. The molecule has 2 aromatic rings. The van der Waals surface area contributed by atoms with E-state index in [1.165, 1.54) is 18.4 Å². The molecule has 2 N–H and O–H groups in total. The molecule has 0 radical (unpaired) electrons. The molecule has 132 valence electrons. The number of hydrogen-bond donors (Lipinski definition) is 1. The van der Waals surface area contributed by atoms with E-state index < -0.39 is 0 Å². The first-order chi connectivity index (χ1) is 12.2. The van der Waals surface area contributed by atoms with Crippen molar-refractivity contribution < 1.29 is 14.5 Å². The molecule has 4 heteroatoms. The van der Waals surface area contributed by atoms with Crippen LogP contribution in [0.5, 0.6) is 0 Å². The average molecular weight is 339 g/mol. The summed E-state index contributed by atoms with van der Waals surface area (Å²) in [7, 11) is 0. The predicted molar refractivity (Wildman–Crippen MR) is 99.1 cm³/mol. The Kier molecular flexibility index (Phi) is 6.07. The van der Waals surface area contributed by atoms with Crippen molar-refractivity contribution in [3.05, 3.63) is 65.6 Å². The Labute approximate surface area is 149 Å². The van der Waals surface area contributed by atoms with Crippen LogP contribution < -0.4 is 5.32 Å². The van der Waals surface area contributed by atoms with Crippen molar-refractivity contribution in [2.75, 3.05) is 26.2 Å². The third kappa shape index (κ3) is 5.07. The maximum Gasteiger partial charge on any atom is 0.289 e. The summed E-state index contributed by atoms with van der Waals surface area (Å²) in [6.07, 6.45) is 6.05. The van der Waals surface area contributed by atoms with Gasteiger partial charge in [-0.15, -0.1) is 0 Å². The van der Waals surface area contributed by atoms with Gasteiger partial charge < -0.3 is 14.6 Å². The molecule has 2 heterocycles. The van der Waals surface area contributed by atoms with Crippen LogP contribution >= 0.6 is 0 Å². The van der Waals surface area contributed by atoms with Gasteiger partial charge in [0.25, 0.3) is 5.91 Å². The Morgan fingerprint density at radius 1 is 1.20 bits per heavy atom. The molecule has 4 nitrogen and oxygen atoms in total. The third-order valence-electron chi connectivity index (χ3n) is 4.71. The molecule has 3 rings (SSSR count). The standard InChI is InChI=1S/C21H26N2O2/c1-17(14-18-6-3-2-4-7-18)15-23(16-19-9-11-22-12-10-19)21(24)20-8-5-13-25-20/h2-8,13-14,19,22H,9-12,15-16H2,1H3/p+1/b17-14-. The number of benzene rings is 1. The fourth-order valence-electron chi connectivity index (χ4n) is 3.45. The van der Waals surface area contributed by atoms with Crippen LogP contribution in [0.3, 0.4) is 0 Å². The lowest BCUT2D eigenvalue weighted by atomic mass is 9.97. The fourth-order valence-corrected chi connectivity index (χ4v) is 3.45. The van der Waals surface area contributed by atoms with E-state index in [1.807, 2.05) is 23.1 Å². The van der Waals surface area contributed by atoms with Crippen LogP contribution in [-0.4, -0.2) is 37.0 Å². The average Bonchev–Trinajstić information content (AvgIpc) is 3.17. The van der Waals surface area contributed by atoms with Crippen molar-refractivity contribution in [2.24, 2.45) is 5.92 Å². The van der Waals surface area contributed by atoms with E-state index in [0.717, 1.165) is 25.2 Å². The van der Waals surface area contributed by atoms with Crippen LogP contribution in [0.1, 0.15) is 35.9 Å². The molecule has 0 atom stereocenters. The molecule has 0 bridgehead atoms. The van der Waals surface area contributed by atoms with Crippen LogP contribution in [0.15, 0.2) is 58.7 Å². The molecular formula is C21H27N2O2+.